The van der Waals surface area contributed by atoms with Gasteiger partial charge in [-0.2, -0.15) is 0 Å². The number of anilines is 1. The van der Waals surface area contributed by atoms with Gasteiger partial charge in [-0.25, -0.2) is 4.98 Å². The van der Waals surface area contributed by atoms with E-state index in [9.17, 15) is 4.79 Å². The van der Waals surface area contributed by atoms with Crippen LogP contribution in [0.2, 0.25) is 0 Å². The zero-order valence-electron chi connectivity index (χ0n) is 17.6. The monoisotopic (exact) mass is 420 g/mol. The molecule has 0 spiro atoms. The minimum absolute atomic E-state index is 0.0228. The Morgan fingerprint density at radius 3 is 2.57 bits per heavy atom. The zero-order chi connectivity index (χ0) is 21.3. The van der Waals surface area contributed by atoms with Gasteiger partial charge in [0.2, 0.25) is 5.91 Å². The van der Waals surface area contributed by atoms with Crippen molar-refractivity contribution in [3.63, 3.8) is 0 Å². The standard InChI is InChI=1S/C24H24N2O3S/c1-15-7-8-16(2)23-22(15)25-24(30-23)26(14-19-6-5-11-29-19)21(27)13-18-9-10-20(28-4)17(3)12-18/h5-12H,13-14H2,1-4H3. The number of hydrogen-bond acceptors (Lipinski definition) is 5. The highest BCUT2D eigenvalue weighted by Gasteiger charge is 2.22. The molecule has 6 heteroatoms. The van der Waals surface area contributed by atoms with Crippen LogP contribution in [0.3, 0.4) is 0 Å². The lowest BCUT2D eigenvalue weighted by atomic mass is 10.1. The van der Waals surface area contributed by atoms with Crippen LogP contribution in [0.1, 0.15) is 28.0 Å². The maximum Gasteiger partial charge on any atom is 0.233 e. The van der Waals surface area contributed by atoms with Gasteiger partial charge in [0.05, 0.1) is 36.6 Å². The predicted octanol–water partition coefficient (Wildman–Crippen LogP) is 5.60. The van der Waals surface area contributed by atoms with E-state index in [1.54, 1.807) is 29.6 Å². The summed E-state index contributed by atoms with van der Waals surface area (Å²) in [4.78, 5) is 19.9. The summed E-state index contributed by atoms with van der Waals surface area (Å²) in [7, 11) is 1.65. The minimum Gasteiger partial charge on any atom is -0.496 e. The number of furan rings is 1. The molecule has 0 aliphatic carbocycles. The van der Waals surface area contributed by atoms with Gasteiger partial charge in [-0.1, -0.05) is 35.6 Å². The third-order valence-electron chi connectivity index (χ3n) is 5.17. The van der Waals surface area contributed by atoms with Crippen LogP contribution in [0.15, 0.2) is 53.1 Å². The number of aryl methyl sites for hydroxylation is 3. The maximum absolute atomic E-state index is 13.4. The molecule has 2 aromatic heterocycles. The first-order valence-corrected chi connectivity index (χ1v) is 10.6. The van der Waals surface area contributed by atoms with Gasteiger partial charge in [-0.05, 0) is 61.2 Å². The molecular weight excluding hydrogens is 396 g/mol. The first kappa shape index (κ1) is 20.2. The first-order valence-electron chi connectivity index (χ1n) is 9.79. The summed E-state index contributed by atoms with van der Waals surface area (Å²) in [6.07, 6.45) is 1.90. The molecule has 0 atom stereocenters. The summed E-state index contributed by atoms with van der Waals surface area (Å²) in [5.41, 5.74) is 5.17. The van der Waals surface area contributed by atoms with E-state index in [4.69, 9.17) is 14.1 Å². The molecule has 4 aromatic rings. The number of carbonyl (C=O) groups excluding carboxylic acids is 1. The molecule has 0 aliphatic rings. The van der Waals surface area contributed by atoms with Gasteiger partial charge in [0.1, 0.15) is 11.5 Å². The topological polar surface area (TPSA) is 55.6 Å². The molecule has 0 saturated heterocycles. The van der Waals surface area contributed by atoms with Gasteiger partial charge in [0.15, 0.2) is 5.13 Å². The molecule has 154 valence electrons. The molecule has 30 heavy (non-hydrogen) atoms. The largest absolute Gasteiger partial charge is 0.496 e. The van der Waals surface area contributed by atoms with Crippen molar-refractivity contribution in [3.8, 4) is 5.75 Å². The van der Waals surface area contributed by atoms with Crippen LogP contribution in [0.5, 0.6) is 5.75 Å². The minimum atomic E-state index is -0.0228. The molecule has 0 bridgehead atoms. The van der Waals surface area contributed by atoms with E-state index in [1.807, 2.05) is 44.2 Å². The molecule has 0 unspecified atom stereocenters. The maximum atomic E-state index is 13.4. The second-order valence-electron chi connectivity index (χ2n) is 7.41. The highest BCUT2D eigenvalue weighted by molar-refractivity contribution is 7.22. The van der Waals surface area contributed by atoms with E-state index in [1.165, 1.54) is 0 Å². The molecular formula is C24H24N2O3S. The molecule has 0 aliphatic heterocycles. The van der Waals surface area contributed by atoms with Crippen LogP contribution < -0.4 is 9.64 Å². The highest BCUT2D eigenvalue weighted by atomic mass is 32.1. The van der Waals surface area contributed by atoms with Crippen molar-refractivity contribution in [3.05, 3.63) is 76.7 Å². The van der Waals surface area contributed by atoms with Crippen molar-refractivity contribution in [1.29, 1.82) is 0 Å². The Kier molecular flexibility index (Phi) is 5.59. The van der Waals surface area contributed by atoms with Gasteiger partial charge in [-0.3, -0.25) is 9.69 Å². The van der Waals surface area contributed by atoms with E-state index in [-0.39, 0.29) is 12.3 Å². The number of carbonyl (C=O) groups is 1. The fourth-order valence-corrected chi connectivity index (χ4v) is 4.63. The van der Waals surface area contributed by atoms with Crippen molar-refractivity contribution in [1.82, 2.24) is 4.98 Å². The van der Waals surface area contributed by atoms with E-state index in [0.29, 0.717) is 11.7 Å². The quantitative estimate of drug-likeness (QED) is 0.407. The fraction of sp³-hybridized carbons (Fsp3) is 0.250. The summed E-state index contributed by atoms with van der Waals surface area (Å²) < 4.78 is 12.0. The number of methoxy groups -OCH3 is 1. The number of ether oxygens (including phenoxy) is 1. The van der Waals surface area contributed by atoms with Crippen LogP contribution in [0.4, 0.5) is 5.13 Å². The molecule has 2 heterocycles. The number of thiazole rings is 1. The Hall–Kier alpha value is -3.12. The molecule has 0 saturated carbocycles. The van der Waals surface area contributed by atoms with Gasteiger partial charge >= 0.3 is 0 Å². The lowest BCUT2D eigenvalue weighted by Gasteiger charge is -2.19. The zero-order valence-corrected chi connectivity index (χ0v) is 18.4. The smallest absolute Gasteiger partial charge is 0.233 e. The summed E-state index contributed by atoms with van der Waals surface area (Å²) in [5.74, 6) is 1.52. The van der Waals surface area contributed by atoms with E-state index in [0.717, 1.165) is 44.0 Å². The SMILES string of the molecule is COc1ccc(CC(=O)N(Cc2ccco2)c2nc3c(C)ccc(C)c3s2)cc1C. The molecule has 0 fully saturated rings. The highest BCUT2D eigenvalue weighted by Crippen LogP contribution is 2.34. The number of fused-ring (bicyclic) bond motifs is 1. The van der Waals surface area contributed by atoms with E-state index >= 15 is 0 Å². The van der Waals surface area contributed by atoms with Crippen LogP contribution in [-0.2, 0) is 17.8 Å². The number of benzene rings is 2. The molecule has 0 radical (unpaired) electrons. The fourth-order valence-electron chi connectivity index (χ4n) is 3.50. The van der Waals surface area contributed by atoms with Crippen LogP contribution >= 0.6 is 11.3 Å². The van der Waals surface area contributed by atoms with Crippen molar-refractivity contribution in [2.75, 3.05) is 12.0 Å². The summed E-state index contributed by atoms with van der Waals surface area (Å²) in [6.45, 7) is 6.44. The Labute approximate surface area is 179 Å². The molecule has 2 aromatic carbocycles. The summed E-state index contributed by atoms with van der Waals surface area (Å²) in [6, 6.07) is 13.7. The Morgan fingerprint density at radius 2 is 1.90 bits per heavy atom. The first-order chi connectivity index (χ1) is 14.5. The number of aromatic nitrogens is 1. The predicted molar refractivity (Wildman–Crippen MR) is 120 cm³/mol. The Bertz CT molecular complexity index is 1160. The molecule has 4 rings (SSSR count). The third-order valence-corrected chi connectivity index (χ3v) is 6.39. The Morgan fingerprint density at radius 1 is 1.10 bits per heavy atom. The van der Waals surface area contributed by atoms with Gasteiger partial charge in [0, 0.05) is 0 Å². The lowest BCUT2D eigenvalue weighted by molar-refractivity contribution is -0.118. The van der Waals surface area contributed by atoms with Crippen molar-refractivity contribution in [2.24, 2.45) is 0 Å². The average molecular weight is 421 g/mol. The number of nitrogens with zero attached hydrogens (tertiary/aromatic N) is 2. The van der Waals surface area contributed by atoms with Crippen LogP contribution in [-0.4, -0.2) is 18.0 Å². The normalized spacial score (nSPS) is 11.1. The molecule has 0 N–H and O–H groups in total. The Balaban J connectivity index is 1.69. The van der Waals surface area contributed by atoms with Crippen LogP contribution in [0.25, 0.3) is 10.2 Å². The molecule has 5 nitrogen and oxygen atoms in total. The van der Waals surface area contributed by atoms with E-state index < -0.39 is 0 Å². The summed E-state index contributed by atoms with van der Waals surface area (Å²) in [5, 5.41) is 0.689. The number of hydrogen-bond donors (Lipinski definition) is 0. The second kappa shape index (κ2) is 8.32. The number of amides is 1. The third kappa shape index (κ3) is 3.96. The van der Waals surface area contributed by atoms with Gasteiger partial charge in [0.25, 0.3) is 0 Å². The average Bonchev–Trinajstić information content (AvgIpc) is 3.39. The van der Waals surface area contributed by atoms with E-state index in [2.05, 4.69) is 19.1 Å². The second-order valence-corrected chi connectivity index (χ2v) is 8.39. The summed E-state index contributed by atoms with van der Waals surface area (Å²) >= 11 is 1.55. The van der Waals surface area contributed by atoms with Crippen LogP contribution in [0, 0.1) is 20.8 Å². The number of rotatable bonds is 6. The van der Waals surface area contributed by atoms with Crippen molar-refractivity contribution < 1.29 is 13.9 Å². The van der Waals surface area contributed by atoms with Crippen molar-refractivity contribution >= 4 is 32.6 Å². The molecule has 1 amide bonds. The lowest BCUT2D eigenvalue weighted by Crippen LogP contribution is -2.31. The van der Waals surface area contributed by atoms with Gasteiger partial charge in [-0.15, -0.1) is 0 Å². The van der Waals surface area contributed by atoms with Crippen molar-refractivity contribution in [2.45, 2.75) is 33.7 Å². The van der Waals surface area contributed by atoms with Gasteiger partial charge < -0.3 is 9.15 Å².